The molecular weight excluding hydrogens is 264 g/mol. The summed E-state index contributed by atoms with van der Waals surface area (Å²) in [6.07, 6.45) is 1.78. The number of pyridine rings is 1. The maximum Gasteiger partial charge on any atom is 0.131 e. The Bertz CT molecular complexity index is 613. The lowest BCUT2D eigenvalue weighted by Crippen LogP contribution is -2.20. The van der Waals surface area contributed by atoms with Gasteiger partial charge >= 0.3 is 0 Å². The van der Waals surface area contributed by atoms with Gasteiger partial charge in [-0.25, -0.2) is 9.97 Å². The minimum absolute atomic E-state index is 0.0941. The summed E-state index contributed by atoms with van der Waals surface area (Å²) in [6.45, 7) is 6.61. The maximum atomic E-state index is 9.55. The van der Waals surface area contributed by atoms with Crippen molar-refractivity contribution < 1.29 is 5.11 Å². The lowest BCUT2D eigenvalue weighted by Gasteiger charge is -2.21. The number of rotatable bonds is 5. The number of hydrogen-bond acceptors (Lipinski definition) is 5. The van der Waals surface area contributed by atoms with Gasteiger partial charge in [0.1, 0.15) is 5.82 Å². The van der Waals surface area contributed by atoms with Crippen LogP contribution in [0.3, 0.4) is 0 Å². The third kappa shape index (κ3) is 3.76. The zero-order chi connectivity index (χ0) is 15.4. The van der Waals surface area contributed by atoms with E-state index in [1.807, 2.05) is 50.9 Å². The molecule has 1 N–H and O–H groups in total. The highest BCUT2D eigenvalue weighted by Gasteiger charge is 2.13. The fraction of sp³-hybridized carbons (Fsp3) is 0.438. The Morgan fingerprint density at radius 2 is 2.00 bits per heavy atom. The van der Waals surface area contributed by atoms with Crippen LogP contribution in [0.25, 0.3) is 0 Å². The van der Waals surface area contributed by atoms with E-state index < -0.39 is 0 Å². The summed E-state index contributed by atoms with van der Waals surface area (Å²) >= 11 is 0. The fourth-order valence-electron chi connectivity index (χ4n) is 2.16. The van der Waals surface area contributed by atoms with Crippen LogP contribution < -0.4 is 4.90 Å². The Morgan fingerprint density at radius 3 is 2.62 bits per heavy atom. The quantitative estimate of drug-likeness (QED) is 0.914. The standard InChI is InChI=1S/C16H22N4O/c1-11(2)16-17-8-15(14(10-21)19-16)20(4)9-13-7-5-6-12(3)18-13/h5-8,11,21H,9-10H2,1-4H3. The maximum absolute atomic E-state index is 9.55. The minimum atomic E-state index is -0.0941. The molecule has 0 saturated carbocycles. The molecular formula is C16H22N4O. The molecule has 0 aliphatic carbocycles. The van der Waals surface area contributed by atoms with E-state index in [-0.39, 0.29) is 12.5 Å². The summed E-state index contributed by atoms with van der Waals surface area (Å²) in [6, 6.07) is 5.96. The number of anilines is 1. The second kappa shape index (κ2) is 6.63. The summed E-state index contributed by atoms with van der Waals surface area (Å²) in [7, 11) is 1.96. The third-order valence-corrected chi connectivity index (χ3v) is 3.29. The van der Waals surface area contributed by atoms with Crippen LogP contribution in [0.2, 0.25) is 0 Å². The largest absolute Gasteiger partial charge is 0.390 e. The van der Waals surface area contributed by atoms with Gasteiger partial charge in [0.15, 0.2) is 0 Å². The van der Waals surface area contributed by atoms with Gasteiger partial charge in [0.25, 0.3) is 0 Å². The summed E-state index contributed by atoms with van der Waals surface area (Å²) in [5.74, 6) is 0.998. The van der Waals surface area contributed by atoms with Crippen LogP contribution in [-0.2, 0) is 13.2 Å². The number of aliphatic hydroxyl groups excluding tert-OH is 1. The van der Waals surface area contributed by atoms with Gasteiger partial charge in [0.05, 0.1) is 36.4 Å². The molecule has 21 heavy (non-hydrogen) atoms. The van der Waals surface area contributed by atoms with E-state index in [1.165, 1.54) is 0 Å². The molecule has 0 spiro atoms. The van der Waals surface area contributed by atoms with Crippen LogP contribution >= 0.6 is 0 Å². The molecule has 2 aromatic rings. The molecule has 0 aromatic carbocycles. The zero-order valence-electron chi connectivity index (χ0n) is 13.0. The Kier molecular flexibility index (Phi) is 4.85. The van der Waals surface area contributed by atoms with Gasteiger partial charge in [-0.15, -0.1) is 0 Å². The SMILES string of the molecule is Cc1cccc(CN(C)c2cnc(C(C)C)nc2CO)n1. The molecule has 0 atom stereocenters. The average Bonchev–Trinajstić information content (AvgIpc) is 2.46. The lowest BCUT2D eigenvalue weighted by molar-refractivity contribution is 0.276. The van der Waals surface area contributed by atoms with Crippen LogP contribution in [0, 0.1) is 6.92 Å². The smallest absolute Gasteiger partial charge is 0.131 e. The lowest BCUT2D eigenvalue weighted by atomic mass is 10.2. The van der Waals surface area contributed by atoms with Crippen LogP contribution in [-0.4, -0.2) is 27.1 Å². The number of hydrogen-bond donors (Lipinski definition) is 1. The highest BCUT2D eigenvalue weighted by atomic mass is 16.3. The molecule has 112 valence electrons. The zero-order valence-corrected chi connectivity index (χ0v) is 13.0. The van der Waals surface area contributed by atoms with E-state index in [9.17, 15) is 5.11 Å². The van der Waals surface area contributed by atoms with E-state index in [4.69, 9.17) is 0 Å². The van der Waals surface area contributed by atoms with Crippen molar-refractivity contribution >= 4 is 5.69 Å². The molecule has 0 aliphatic heterocycles. The van der Waals surface area contributed by atoms with Gasteiger partial charge in [0, 0.05) is 18.7 Å². The van der Waals surface area contributed by atoms with E-state index in [2.05, 4.69) is 15.0 Å². The van der Waals surface area contributed by atoms with Gasteiger partial charge in [-0.05, 0) is 19.1 Å². The number of aromatic nitrogens is 3. The number of nitrogens with zero attached hydrogens (tertiary/aromatic N) is 4. The van der Waals surface area contributed by atoms with Crippen LogP contribution in [0.5, 0.6) is 0 Å². The molecule has 0 radical (unpaired) electrons. The van der Waals surface area contributed by atoms with Crippen molar-refractivity contribution in [3.8, 4) is 0 Å². The summed E-state index contributed by atoms with van der Waals surface area (Å²) in [5, 5.41) is 9.55. The average molecular weight is 286 g/mol. The van der Waals surface area contributed by atoms with E-state index in [1.54, 1.807) is 6.20 Å². The molecule has 5 nitrogen and oxygen atoms in total. The number of aliphatic hydroxyl groups is 1. The second-order valence-electron chi connectivity index (χ2n) is 5.50. The van der Waals surface area contributed by atoms with Crippen molar-refractivity contribution in [1.29, 1.82) is 0 Å². The van der Waals surface area contributed by atoms with Crippen LogP contribution in [0.1, 0.15) is 42.7 Å². The van der Waals surface area contributed by atoms with Gasteiger partial charge in [-0.1, -0.05) is 19.9 Å². The molecule has 0 fully saturated rings. The highest BCUT2D eigenvalue weighted by Crippen LogP contribution is 2.20. The van der Waals surface area contributed by atoms with Crippen LogP contribution in [0.15, 0.2) is 24.4 Å². The molecule has 2 rings (SSSR count). The Hall–Kier alpha value is -2.01. The molecule has 2 heterocycles. The topological polar surface area (TPSA) is 62.1 Å². The first-order valence-electron chi connectivity index (χ1n) is 7.11. The van der Waals surface area contributed by atoms with Gasteiger partial charge in [-0.2, -0.15) is 0 Å². The fourth-order valence-corrected chi connectivity index (χ4v) is 2.16. The minimum Gasteiger partial charge on any atom is -0.390 e. The Morgan fingerprint density at radius 1 is 1.24 bits per heavy atom. The van der Waals surface area contributed by atoms with E-state index in [0.29, 0.717) is 12.2 Å². The second-order valence-corrected chi connectivity index (χ2v) is 5.50. The summed E-state index contributed by atoms with van der Waals surface area (Å²) < 4.78 is 0. The third-order valence-electron chi connectivity index (χ3n) is 3.29. The number of aryl methyl sites for hydroxylation is 1. The van der Waals surface area contributed by atoms with E-state index >= 15 is 0 Å². The van der Waals surface area contributed by atoms with Crippen molar-refractivity contribution in [2.45, 2.75) is 39.8 Å². The monoisotopic (exact) mass is 286 g/mol. The van der Waals surface area contributed by atoms with Crippen molar-refractivity contribution in [2.24, 2.45) is 0 Å². The summed E-state index contributed by atoms with van der Waals surface area (Å²) in [4.78, 5) is 15.3. The van der Waals surface area contributed by atoms with E-state index in [0.717, 1.165) is 22.9 Å². The molecule has 2 aromatic heterocycles. The highest BCUT2D eigenvalue weighted by molar-refractivity contribution is 5.48. The Labute approximate surface area is 125 Å². The molecule has 0 bridgehead atoms. The molecule has 0 saturated heterocycles. The van der Waals surface area contributed by atoms with Crippen molar-refractivity contribution in [3.05, 3.63) is 47.3 Å². The van der Waals surface area contributed by atoms with Crippen molar-refractivity contribution in [3.63, 3.8) is 0 Å². The first-order chi connectivity index (χ1) is 10.0. The van der Waals surface area contributed by atoms with Gasteiger partial charge in [0.2, 0.25) is 0 Å². The molecule has 0 amide bonds. The summed E-state index contributed by atoms with van der Waals surface area (Å²) in [5.41, 5.74) is 3.47. The van der Waals surface area contributed by atoms with Gasteiger partial charge < -0.3 is 10.0 Å². The predicted molar refractivity (Wildman–Crippen MR) is 83.1 cm³/mol. The Balaban J connectivity index is 2.24. The molecule has 5 heteroatoms. The van der Waals surface area contributed by atoms with Crippen molar-refractivity contribution in [2.75, 3.05) is 11.9 Å². The molecule has 0 aliphatic rings. The van der Waals surface area contributed by atoms with Crippen LogP contribution in [0.4, 0.5) is 5.69 Å². The van der Waals surface area contributed by atoms with Gasteiger partial charge in [-0.3, -0.25) is 4.98 Å². The predicted octanol–water partition coefficient (Wildman–Crippen LogP) is 2.43. The molecule has 0 unspecified atom stereocenters. The first kappa shape index (κ1) is 15.4. The normalized spacial score (nSPS) is 11.0. The van der Waals surface area contributed by atoms with Crippen molar-refractivity contribution in [1.82, 2.24) is 15.0 Å². The first-order valence-corrected chi connectivity index (χ1v) is 7.11.